The summed E-state index contributed by atoms with van der Waals surface area (Å²) in [6, 6.07) is 0. The highest BCUT2D eigenvalue weighted by Crippen LogP contribution is 2.29. The number of carbonyl (C=O) groups is 1. The molecule has 10 nitrogen and oxygen atoms in total. The van der Waals surface area contributed by atoms with Crippen molar-refractivity contribution >= 4 is 5.97 Å². The summed E-state index contributed by atoms with van der Waals surface area (Å²) in [4.78, 5) is 12.7. The number of aliphatic hydroxyl groups is 4. The molecule has 2 heterocycles. The number of hydrogen-bond donors (Lipinski definition) is 5. The van der Waals surface area contributed by atoms with Crippen molar-refractivity contribution in [3.63, 3.8) is 0 Å². The van der Waals surface area contributed by atoms with Gasteiger partial charge in [0, 0.05) is 13.0 Å². The lowest BCUT2D eigenvalue weighted by Crippen LogP contribution is -2.63. The van der Waals surface area contributed by atoms with Crippen molar-refractivity contribution < 1.29 is 44.2 Å². The third-order valence-corrected chi connectivity index (χ3v) is 5.82. The number of ether oxygens (including phenoxy) is 4. The monoisotopic (exact) mass is 471 g/mol. The standard InChI is InChI=1S/C23H37NO9/c1-5-6-7-8-9-13(2)21-22(20(30-4)14(3)12-31-21)33-16(26)10-24-23-19(29)18(28)17(27)15(11-25)32-23/h5-9,14-15,17-25,27-29H,10-12H2,1-4H3/b6-5+,8-7+,13-9+/t14-,15+,17+,18-,19+,20-,21-,22+,23+/m0/s1. The third kappa shape index (κ3) is 7.17. The molecule has 2 saturated heterocycles. The van der Waals surface area contributed by atoms with Crippen molar-refractivity contribution in [3.05, 3.63) is 36.0 Å². The fourth-order valence-corrected chi connectivity index (χ4v) is 3.95. The summed E-state index contributed by atoms with van der Waals surface area (Å²) in [6.07, 6.45) is 1.10. The van der Waals surface area contributed by atoms with Crippen LogP contribution in [0.4, 0.5) is 0 Å². The molecule has 0 amide bonds. The SMILES string of the molecule is C/C=C/C=C/C=C(\C)[C@@H]1OC[C@H](C)[C@H](OC)[C@H]1OC(=O)CN[C@@H]1O[C@H](CO)[C@@H](O)[C@H](O)[C@H]1O. The number of nitrogens with one attached hydrogen (secondary N) is 1. The van der Waals surface area contributed by atoms with Gasteiger partial charge in [-0.05, 0) is 19.4 Å². The number of methoxy groups -OCH3 is 1. The number of carbonyl (C=O) groups excluding carboxylic acids is 1. The highest BCUT2D eigenvalue weighted by atomic mass is 16.6. The average Bonchev–Trinajstić information content (AvgIpc) is 2.80. The van der Waals surface area contributed by atoms with Crippen LogP contribution in [0.3, 0.4) is 0 Å². The molecule has 0 bridgehead atoms. The molecule has 2 aliphatic heterocycles. The van der Waals surface area contributed by atoms with Gasteiger partial charge in [0.15, 0.2) is 6.10 Å². The van der Waals surface area contributed by atoms with E-state index >= 15 is 0 Å². The topological polar surface area (TPSA) is 147 Å². The van der Waals surface area contributed by atoms with E-state index in [-0.39, 0.29) is 18.6 Å². The van der Waals surface area contributed by atoms with Crippen LogP contribution >= 0.6 is 0 Å². The summed E-state index contributed by atoms with van der Waals surface area (Å²) in [7, 11) is 1.56. The van der Waals surface area contributed by atoms with E-state index in [0.717, 1.165) is 5.57 Å². The first-order valence-corrected chi connectivity index (χ1v) is 11.1. The van der Waals surface area contributed by atoms with Crippen LogP contribution in [0, 0.1) is 5.92 Å². The third-order valence-electron chi connectivity index (χ3n) is 5.82. The van der Waals surface area contributed by atoms with E-state index in [1.165, 1.54) is 0 Å². The Hall–Kier alpha value is -1.63. The normalized spacial score (nSPS) is 38.2. The number of esters is 1. The fraction of sp³-hybridized carbons (Fsp3) is 0.696. The van der Waals surface area contributed by atoms with Crippen LogP contribution in [0.25, 0.3) is 0 Å². The molecule has 10 heteroatoms. The zero-order valence-corrected chi connectivity index (χ0v) is 19.5. The van der Waals surface area contributed by atoms with Crippen LogP contribution in [0.2, 0.25) is 0 Å². The van der Waals surface area contributed by atoms with Gasteiger partial charge in [-0.25, -0.2) is 0 Å². The number of rotatable bonds is 9. The minimum atomic E-state index is -1.54. The molecule has 0 aliphatic carbocycles. The van der Waals surface area contributed by atoms with E-state index in [4.69, 9.17) is 18.9 Å². The van der Waals surface area contributed by atoms with Crippen LogP contribution in [0.15, 0.2) is 36.0 Å². The summed E-state index contributed by atoms with van der Waals surface area (Å²) in [5.41, 5.74) is 0.865. The Morgan fingerprint density at radius 3 is 2.48 bits per heavy atom. The minimum Gasteiger partial charge on any atom is -0.455 e. The van der Waals surface area contributed by atoms with Crippen molar-refractivity contribution in [1.82, 2.24) is 5.32 Å². The van der Waals surface area contributed by atoms with E-state index in [2.05, 4.69) is 5.32 Å². The van der Waals surface area contributed by atoms with Gasteiger partial charge in [0.2, 0.25) is 0 Å². The minimum absolute atomic E-state index is 0.00572. The van der Waals surface area contributed by atoms with E-state index in [0.29, 0.717) is 6.61 Å². The van der Waals surface area contributed by atoms with Crippen LogP contribution in [0.1, 0.15) is 20.8 Å². The first-order valence-electron chi connectivity index (χ1n) is 11.1. The molecule has 0 aromatic rings. The molecule has 0 aromatic carbocycles. The second-order valence-corrected chi connectivity index (χ2v) is 8.34. The van der Waals surface area contributed by atoms with Gasteiger partial charge < -0.3 is 39.4 Å². The highest BCUT2D eigenvalue weighted by molar-refractivity contribution is 5.72. The van der Waals surface area contributed by atoms with Gasteiger partial charge in [0.05, 0.1) is 19.8 Å². The Balaban J connectivity index is 2.06. The van der Waals surface area contributed by atoms with Gasteiger partial charge in [-0.15, -0.1) is 0 Å². The van der Waals surface area contributed by atoms with E-state index in [1.807, 2.05) is 51.2 Å². The van der Waals surface area contributed by atoms with Gasteiger partial charge >= 0.3 is 5.97 Å². The van der Waals surface area contributed by atoms with Gasteiger partial charge in [0.1, 0.15) is 42.9 Å². The maximum absolute atomic E-state index is 12.7. The molecule has 5 N–H and O–H groups in total. The van der Waals surface area contributed by atoms with Crippen LogP contribution in [0.5, 0.6) is 0 Å². The molecule has 188 valence electrons. The Labute approximate surface area is 194 Å². The quantitative estimate of drug-likeness (QED) is 0.218. The predicted molar refractivity (Wildman–Crippen MR) is 119 cm³/mol. The van der Waals surface area contributed by atoms with Crippen LogP contribution in [-0.2, 0) is 23.7 Å². The largest absolute Gasteiger partial charge is 0.455 e. The lowest BCUT2D eigenvalue weighted by atomic mass is 9.90. The maximum atomic E-state index is 12.7. The zero-order chi connectivity index (χ0) is 24.5. The van der Waals surface area contributed by atoms with E-state index < -0.39 is 55.4 Å². The van der Waals surface area contributed by atoms with Crippen molar-refractivity contribution in [2.24, 2.45) is 5.92 Å². The molecule has 9 atom stereocenters. The summed E-state index contributed by atoms with van der Waals surface area (Å²) in [5, 5.41) is 41.8. The summed E-state index contributed by atoms with van der Waals surface area (Å²) < 4.78 is 22.7. The average molecular weight is 472 g/mol. The van der Waals surface area contributed by atoms with Gasteiger partial charge in [-0.1, -0.05) is 37.3 Å². The summed E-state index contributed by atoms with van der Waals surface area (Å²) in [5.74, 6) is -0.646. The number of hydrogen-bond acceptors (Lipinski definition) is 10. The van der Waals surface area contributed by atoms with Gasteiger partial charge in [0.25, 0.3) is 0 Å². The Morgan fingerprint density at radius 1 is 1.12 bits per heavy atom. The molecular formula is C23H37NO9. The molecule has 0 aromatic heterocycles. The molecule has 0 spiro atoms. The predicted octanol–water partition coefficient (Wildman–Crippen LogP) is -0.584. The smallest absolute Gasteiger partial charge is 0.320 e. The molecule has 0 radical (unpaired) electrons. The molecular weight excluding hydrogens is 434 g/mol. The molecule has 33 heavy (non-hydrogen) atoms. The number of aliphatic hydroxyl groups excluding tert-OH is 4. The first-order chi connectivity index (χ1) is 15.7. The van der Waals surface area contributed by atoms with Crippen LogP contribution in [-0.4, -0.2) is 102 Å². The highest BCUT2D eigenvalue weighted by Gasteiger charge is 2.44. The zero-order valence-electron chi connectivity index (χ0n) is 19.5. The van der Waals surface area contributed by atoms with E-state index in [9.17, 15) is 25.2 Å². The lowest BCUT2D eigenvalue weighted by Gasteiger charge is -2.41. The first kappa shape index (κ1) is 27.6. The van der Waals surface area contributed by atoms with Crippen molar-refractivity contribution in [2.45, 2.75) is 69.7 Å². The molecule has 0 saturated carbocycles. The lowest BCUT2D eigenvalue weighted by molar-refractivity contribution is -0.237. The Kier molecular flexibility index (Phi) is 11.1. The van der Waals surface area contributed by atoms with Crippen molar-refractivity contribution in [1.29, 1.82) is 0 Å². The van der Waals surface area contributed by atoms with E-state index in [1.54, 1.807) is 7.11 Å². The maximum Gasteiger partial charge on any atom is 0.320 e. The number of allylic oxidation sites excluding steroid dienone is 5. The molecule has 2 rings (SSSR count). The molecule has 0 unspecified atom stereocenters. The summed E-state index contributed by atoms with van der Waals surface area (Å²) in [6.45, 7) is 5.30. The molecule has 2 aliphatic rings. The molecule has 2 fully saturated rings. The van der Waals surface area contributed by atoms with Crippen LogP contribution < -0.4 is 5.32 Å². The van der Waals surface area contributed by atoms with Gasteiger partial charge in [-0.2, -0.15) is 0 Å². The Bertz CT molecular complexity index is 708. The Morgan fingerprint density at radius 2 is 1.85 bits per heavy atom. The van der Waals surface area contributed by atoms with Crippen molar-refractivity contribution in [2.75, 3.05) is 26.9 Å². The fourth-order valence-electron chi connectivity index (χ4n) is 3.95. The second kappa shape index (κ2) is 13.3. The summed E-state index contributed by atoms with van der Waals surface area (Å²) >= 11 is 0. The van der Waals surface area contributed by atoms with Crippen molar-refractivity contribution in [3.8, 4) is 0 Å². The second-order valence-electron chi connectivity index (χ2n) is 8.34. The van der Waals surface area contributed by atoms with Gasteiger partial charge in [-0.3, -0.25) is 10.1 Å².